The highest BCUT2D eigenvalue weighted by Gasteiger charge is 2.15. The van der Waals surface area contributed by atoms with Crippen LogP contribution < -0.4 is 4.74 Å². The van der Waals surface area contributed by atoms with E-state index in [1.165, 1.54) is 0 Å². The summed E-state index contributed by atoms with van der Waals surface area (Å²) >= 11 is 0. The second-order valence-electron chi connectivity index (χ2n) is 5.10. The Morgan fingerprint density at radius 3 is 2.86 bits per heavy atom. The van der Waals surface area contributed by atoms with Gasteiger partial charge in [-0.1, -0.05) is 0 Å². The maximum atomic E-state index is 12.0. The van der Waals surface area contributed by atoms with E-state index in [0.717, 1.165) is 31.7 Å². The van der Waals surface area contributed by atoms with E-state index in [1.807, 2.05) is 12.1 Å². The SMILES string of the molecule is COc1ccc2cc(C(=O)OCCN3CCOCC3)oc2c1. The number of carbonyl (C=O) groups is 1. The van der Waals surface area contributed by atoms with E-state index in [-0.39, 0.29) is 5.76 Å². The van der Waals surface area contributed by atoms with Crippen molar-refractivity contribution >= 4 is 16.9 Å². The van der Waals surface area contributed by atoms with Crippen molar-refractivity contribution in [1.29, 1.82) is 0 Å². The first-order valence-electron chi connectivity index (χ1n) is 7.31. The van der Waals surface area contributed by atoms with Gasteiger partial charge in [0.05, 0.1) is 20.3 Å². The van der Waals surface area contributed by atoms with E-state index in [2.05, 4.69) is 4.90 Å². The van der Waals surface area contributed by atoms with Crippen LogP contribution >= 0.6 is 0 Å². The summed E-state index contributed by atoms with van der Waals surface area (Å²) in [5.41, 5.74) is 0.611. The summed E-state index contributed by atoms with van der Waals surface area (Å²) in [6.45, 7) is 4.28. The van der Waals surface area contributed by atoms with Gasteiger partial charge in [0.2, 0.25) is 5.76 Å². The normalized spacial score (nSPS) is 15.9. The summed E-state index contributed by atoms with van der Waals surface area (Å²) in [6, 6.07) is 7.11. The molecule has 0 N–H and O–H groups in total. The van der Waals surface area contributed by atoms with Gasteiger partial charge < -0.3 is 18.6 Å². The van der Waals surface area contributed by atoms with E-state index < -0.39 is 5.97 Å². The van der Waals surface area contributed by atoms with Crippen molar-refractivity contribution in [2.75, 3.05) is 46.6 Å². The number of rotatable bonds is 5. The molecule has 1 aliphatic rings. The lowest BCUT2D eigenvalue weighted by atomic mass is 10.2. The predicted octanol–water partition coefficient (Wildman–Crippen LogP) is 1.93. The van der Waals surface area contributed by atoms with Crippen LogP contribution in [0.25, 0.3) is 11.0 Å². The lowest BCUT2D eigenvalue weighted by Gasteiger charge is -2.25. The van der Waals surface area contributed by atoms with Gasteiger partial charge in [0, 0.05) is 31.1 Å². The minimum atomic E-state index is -0.441. The largest absolute Gasteiger partial charge is 0.497 e. The summed E-state index contributed by atoms with van der Waals surface area (Å²) in [5, 5.41) is 0.848. The van der Waals surface area contributed by atoms with Crippen molar-refractivity contribution in [3.63, 3.8) is 0 Å². The Balaban J connectivity index is 1.57. The fraction of sp³-hybridized carbons (Fsp3) is 0.438. The van der Waals surface area contributed by atoms with Crippen molar-refractivity contribution in [2.45, 2.75) is 0 Å². The lowest BCUT2D eigenvalue weighted by Crippen LogP contribution is -2.38. The summed E-state index contributed by atoms with van der Waals surface area (Å²) in [4.78, 5) is 14.2. The van der Waals surface area contributed by atoms with Crippen molar-refractivity contribution in [3.05, 3.63) is 30.0 Å². The fourth-order valence-electron chi connectivity index (χ4n) is 2.40. The Labute approximate surface area is 128 Å². The topological polar surface area (TPSA) is 61.1 Å². The van der Waals surface area contributed by atoms with Crippen molar-refractivity contribution in [3.8, 4) is 5.75 Å². The van der Waals surface area contributed by atoms with Crippen LogP contribution in [-0.4, -0.2) is 57.4 Å². The second kappa shape index (κ2) is 6.81. The van der Waals surface area contributed by atoms with Gasteiger partial charge in [-0.3, -0.25) is 4.90 Å². The highest BCUT2D eigenvalue weighted by Crippen LogP contribution is 2.24. The van der Waals surface area contributed by atoms with E-state index in [9.17, 15) is 4.79 Å². The number of hydrogen-bond donors (Lipinski definition) is 0. The maximum Gasteiger partial charge on any atom is 0.374 e. The maximum absolute atomic E-state index is 12.0. The predicted molar refractivity (Wildman–Crippen MR) is 80.3 cm³/mol. The van der Waals surface area contributed by atoms with Gasteiger partial charge in [0.15, 0.2) is 0 Å². The molecule has 1 aliphatic heterocycles. The number of carbonyl (C=O) groups excluding carboxylic acids is 1. The Kier molecular flexibility index (Phi) is 4.60. The molecule has 0 radical (unpaired) electrons. The minimum Gasteiger partial charge on any atom is -0.497 e. The summed E-state index contributed by atoms with van der Waals surface area (Å²) in [7, 11) is 1.59. The molecule has 0 spiro atoms. The molecule has 1 aromatic carbocycles. The zero-order valence-corrected chi connectivity index (χ0v) is 12.5. The molecule has 3 rings (SSSR count). The first-order valence-corrected chi connectivity index (χ1v) is 7.31. The van der Waals surface area contributed by atoms with Crippen molar-refractivity contribution in [2.24, 2.45) is 0 Å². The Morgan fingerprint density at radius 1 is 1.27 bits per heavy atom. The van der Waals surface area contributed by atoms with Crippen LogP contribution in [-0.2, 0) is 9.47 Å². The molecule has 0 aliphatic carbocycles. The van der Waals surface area contributed by atoms with Crippen LogP contribution in [0.3, 0.4) is 0 Å². The molecule has 22 heavy (non-hydrogen) atoms. The molecule has 0 unspecified atom stereocenters. The van der Waals surface area contributed by atoms with Gasteiger partial charge in [-0.05, 0) is 18.2 Å². The number of methoxy groups -OCH3 is 1. The van der Waals surface area contributed by atoms with Gasteiger partial charge >= 0.3 is 5.97 Å². The van der Waals surface area contributed by atoms with Crippen LogP contribution in [0.5, 0.6) is 5.75 Å². The summed E-state index contributed by atoms with van der Waals surface area (Å²) < 4.78 is 21.2. The molecule has 2 heterocycles. The average Bonchev–Trinajstić information content (AvgIpc) is 2.99. The number of hydrogen-bond acceptors (Lipinski definition) is 6. The number of morpholine rings is 1. The first kappa shape index (κ1) is 14.9. The Hall–Kier alpha value is -2.05. The van der Waals surface area contributed by atoms with E-state index in [1.54, 1.807) is 19.2 Å². The quantitative estimate of drug-likeness (QED) is 0.787. The van der Waals surface area contributed by atoms with Crippen molar-refractivity contribution < 1.29 is 23.4 Å². The summed E-state index contributed by atoms with van der Waals surface area (Å²) in [6.07, 6.45) is 0. The fourth-order valence-corrected chi connectivity index (χ4v) is 2.40. The third kappa shape index (κ3) is 3.40. The zero-order valence-electron chi connectivity index (χ0n) is 12.5. The van der Waals surface area contributed by atoms with Gasteiger partial charge in [0.25, 0.3) is 0 Å². The Morgan fingerprint density at radius 2 is 2.09 bits per heavy atom. The molecule has 1 saturated heterocycles. The minimum absolute atomic E-state index is 0.213. The van der Waals surface area contributed by atoms with E-state index in [0.29, 0.717) is 24.5 Å². The molecule has 2 aromatic rings. The number of furan rings is 1. The molecular formula is C16H19NO5. The van der Waals surface area contributed by atoms with Crippen LogP contribution in [0, 0.1) is 0 Å². The third-order valence-electron chi connectivity index (χ3n) is 3.67. The van der Waals surface area contributed by atoms with Gasteiger partial charge in [-0.25, -0.2) is 4.79 Å². The molecule has 1 fully saturated rings. The van der Waals surface area contributed by atoms with E-state index in [4.69, 9.17) is 18.6 Å². The number of esters is 1. The second-order valence-corrected chi connectivity index (χ2v) is 5.10. The number of benzene rings is 1. The smallest absolute Gasteiger partial charge is 0.374 e. The highest BCUT2D eigenvalue weighted by molar-refractivity contribution is 5.92. The van der Waals surface area contributed by atoms with Crippen molar-refractivity contribution in [1.82, 2.24) is 4.90 Å². The van der Waals surface area contributed by atoms with Crippen LogP contribution in [0.15, 0.2) is 28.7 Å². The molecule has 0 atom stereocenters. The highest BCUT2D eigenvalue weighted by atomic mass is 16.5. The van der Waals surface area contributed by atoms with Gasteiger partial charge in [-0.2, -0.15) is 0 Å². The number of nitrogens with zero attached hydrogens (tertiary/aromatic N) is 1. The molecule has 0 bridgehead atoms. The first-order chi connectivity index (χ1) is 10.8. The number of fused-ring (bicyclic) bond motifs is 1. The van der Waals surface area contributed by atoms with E-state index >= 15 is 0 Å². The molecular weight excluding hydrogens is 286 g/mol. The molecule has 0 amide bonds. The van der Waals surface area contributed by atoms with Crippen LogP contribution in [0.4, 0.5) is 0 Å². The third-order valence-corrected chi connectivity index (χ3v) is 3.67. The molecule has 1 aromatic heterocycles. The van der Waals surface area contributed by atoms with Gasteiger partial charge in [-0.15, -0.1) is 0 Å². The summed E-state index contributed by atoms with van der Waals surface area (Å²) in [5.74, 6) is 0.461. The standard InChI is InChI=1S/C16H19NO5/c1-19-13-3-2-12-10-15(22-14(12)11-13)16(18)21-9-6-17-4-7-20-8-5-17/h2-3,10-11H,4-9H2,1H3. The number of ether oxygens (including phenoxy) is 3. The van der Waals surface area contributed by atoms with Crippen LogP contribution in [0.2, 0.25) is 0 Å². The molecule has 0 saturated carbocycles. The molecule has 6 nitrogen and oxygen atoms in total. The lowest BCUT2D eigenvalue weighted by molar-refractivity contribution is 0.0183. The Bertz CT molecular complexity index is 645. The molecule has 6 heteroatoms. The average molecular weight is 305 g/mol. The molecule has 118 valence electrons. The van der Waals surface area contributed by atoms with Crippen LogP contribution in [0.1, 0.15) is 10.6 Å². The zero-order chi connectivity index (χ0) is 15.4. The van der Waals surface area contributed by atoms with Gasteiger partial charge in [0.1, 0.15) is 17.9 Å². The monoisotopic (exact) mass is 305 g/mol.